The maximum Gasteiger partial charge on any atom is 0.257 e. The van der Waals surface area contributed by atoms with Crippen LogP contribution in [0.1, 0.15) is 36.8 Å². The summed E-state index contributed by atoms with van der Waals surface area (Å²) < 4.78 is 0. The van der Waals surface area contributed by atoms with Gasteiger partial charge in [0.05, 0.1) is 0 Å². The Bertz CT molecular complexity index is 1140. The molecule has 4 atom stereocenters. The van der Waals surface area contributed by atoms with Crippen molar-refractivity contribution in [3.05, 3.63) is 83.9 Å². The van der Waals surface area contributed by atoms with E-state index in [1.807, 2.05) is 30.3 Å². The Hall–Kier alpha value is -2.69. The van der Waals surface area contributed by atoms with Crippen LogP contribution in [0.2, 0.25) is 0 Å². The van der Waals surface area contributed by atoms with Crippen LogP contribution in [0.4, 0.5) is 0 Å². The first-order valence-electron chi connectivity index (χ1n) is 12.4. The molecule has 2 aliphatic carbocycles. The molecule has 3 aromatic carbocycles. The molecule has 2 N–H and O–H groups in total. The van der Waals surface area contributed by atoms with Crippen molar-refractivity contribution in [2.24, 2.45) is 17.8 Å². The normalized spacial score (nSPS) is 26.8. The topological polar surface area (TPSA) is 52.6 Å². The van der Waals surface area contributed by atoms with Gasteiger partial charge in [0.25, 0.3) is 5.91 Å². The summed E-state index contributed by atoms with van der Waals surface area (Å²) in [5, 5.41) is 17.5. The van der Waals surface area contributed by atoms with E-state index < -0.39 is 5.60 Å². The second kappa shape index (κ2) is 8.27. The third kappa shape index (κ3) is 3.75. The molecule has 1 heterocycles. The summed E-state index contributed by atoms with van der Waals surface area (Å²) in [6.45, 7) is 2.97. The lowest BCUT2D eigenvalue weighted by Gasteiger charge is -2.33. The van der Waals surface area contributed by atoms with E-state index in [0.717, 1.165) is 50.9 Å². The Morgan fingerprint density at radius 1 is 0.909 bits per heavy atom. The van der Waals surface area contributed by atoms with E-state index in [1.165, 1.54) is 16.3 Å². The molecule has 33 heavy (non-hydrogen) atoms. The molecule has 3 aromatic rings. The van der Waals surface area contributed by atoms with Crippen molar-refractivity contribution in [3.8, 4) is 0 Å². The first kappa shape index (κ1) is 20.9. The van der Waals surface area contributed by atoms with Crippen molar-refractivity contribution in [1.29, 1.82) is 0 Å². The molecule has 170 valence electrons. The standard InChI is InChI=1S/C29H32N2O2/c32-28(29(33,24-12-6-7-13-24)23-10-2-1-3-11-23)30-27-25-18-31(19-26(25)27)17-20-14-15-21-8-4-5-9-22(21)16-20/h1-5,8-11,14-16,24-27,33H,6-7,12-13,17-19H2,(H,30,32)/t25-,26+,27?,29?. The molecule has 6 rings (SSSR count). The lowest BCUT2D eigenvalue weighted by Crippen LogP contribution is -2.50. The molecule has 0 bridgehead atoms. The van der Waals surface area contributed by atoms with Gasteiger partial charge in [-0.3, -0.25) is 9.69 Å². The molecule has 4 nitrogen and oxygen atoms in total. The quantitative estimate of drug-likeness (QED) is 0.595. The summed E-state index contributed by atoms with van der Waals surface area (Å²) in [5.41, 5.74) is 0.660. The van der Waals surface area contributed by atoms with Crippen LogP contribution in [0.15, 0.2) is 72.8 Å². The molecular formula is C29H32N2O2. The van der Waals surface area contributed by atoms with E-state index in [4.69, 9.17) is 0 Å². The van der Waals surface area contributed by atoms with Crippen molar-refractivity contribution < 1.29 is 9.90 Å². The molecule has 0 radical (unpaired) electrons. The fraction of sp³-hybridized carbons (Fsp3) is 0.414. The highest BCUT2D eigenvalue weighted by Crippen LogP contribution is 2.47. The van der Waals surface area contributed by atoms with Gasteiger partial charge in [-0.15, -0.1) is 0 Å². The highest BCUT2D eigenvalue weighted by atomic mass is 16.3. The maximum absolute atomic E-state index is 13.5. The summed E-state index contributed by atoms with van der Waals surface area (Å²) in [7, 11) is 0. The fourth-order valence-electron chi connectivity index (χ4n) is 6.40. The zero-order valence-corrected chi connectivity index (χ0v) is 19.0. The van der Waals surface area contributed by atoms with Crippen molar-refractivity contribution in [3.63, 3.8) is 0 Å². The fourth-order valence-corrected chi connectivity index (χ4v) is 6.40. The average Bonchev–Trinajstić information content (AvgIpc) is 3.26. The van der Waals surface area contributed by atoms with E-state index in [0.29, 0.717) is 11.8 Å². The van der Waals surface area contributed by atoms with Crippen LogP contribution in [0.5, 0.6) is 0 Å². The van der Waals surface area contributed by atoms with E-state index in [1.54, 1.807) is 0 Å². The minimum atomic E-state index is -1.42. The number of fused-ring (bicyclic) bond motifs is 2. The SMILES string of the molecule is O=C(NC1[C@H]2CN(Cc3ccc4ccccc4c3)C[C@@H]12)C(O)(c1ccccc1)C1CCCC1. The Morgan fingerprint density at radius 3 is 2.30 bits per heavy atom. The number of amides is 1. The molecule has 0 aromatic heterocycles. The number of hydrogen-bond acceptors (Lipinski definition) is 3. The van der Waals surface area contributed by atoms with Gasteiger partial charge in [0.15, 0.2) is 5.60 Å². The summed E-state index contributed by atoms with van der Waals surface area (Å²) in [6.07, 6.45) is 4.00. The van der Waals surface area contributed by atoms with Gasteiger partial charge in [0.1, 0.15) is 0 Å². The van der Waals surface area contributed by atoms with Gasteiger partial charge in [-0.1, -0.05) is 79.6 Å². The van der Waals surface area contributed by atoms with Crippen LogP contribution in [0, 0.1) is 17.8 Å². The number of aliphatic hydroxyl groups is 1. The van der Waals surface area contributed by atoms with Crippen LogP contribution in [-0.4, -0.2) is 35.0 Å². The van der Waals surface area contributed by atoms with E-state index in [-0.39, 0.29) is 17.9 Å². The summed E-state index contributed by atoms with van der Waals surface area (Å²) in [6, 6.07) is 25.0. The van der Waals surface area contributed by atoms with Gasteiger partial charge >= 0.3 is 0 Å². The maximum atomic E-state index is 13.5. The molecule has 2 saturated carbocycles. The molecule has 0 spiro atoms. The number of nitrogens with one attached hydrogen (secondary N) is 1. The third-order valence-corrected chi connectivity index (χ3v) is 8.29. The first-order valence-corrected chi connectivity index (χ1v) is 12.4. The number of likely N-dealkylation sites (tertiary alicyclic amines) is 1. The van der Waals surface area contributed by atoms with Crippen LogP contribution in [-0.2, 0) is 16.9 Å². The van der Waals surface area contributed by atoms with E-state index in [2.05, 4.69) is 52.7 Å². The average molecular weight is 441 g/mol. The third-order valence-electron chi connectivity index (χ3n) is 8.29. The Kier molecular flexibility index (Phi) is 5.23. The number of rotatable bonds is 6. The molecule has 1 amide bonds. The lowest BCUT2D eigenvalue weighted by atomic mass is 9.79. The molecule has 3 aliphatic rings. The Morgan fingerprint density at radius 2 is 1.58 bits per heavy atom. The van der Waals surface area contributed by atoms with Crippen LogP contribution < -0.4 is 5.32 Å². The smallest absolute Gasteiger partial charge is 0.257 e. The van der Waals surface area contributed by atoms with Crippen molar-refractivity contribution >= 4 is 16.7 Å². The van der Waals surface area contributed by atoms with Gasteiger partial charge in [0, 0.05) is 31.6 Å². The number of nitrogens with zero attached hydrogens (tertiary/aromatic N) is 1. The predicted octanol–water partition coefficient (Wildman–Crippen LogP) is 4.46. The summed E-state index contributed by atoms with van der Waals surface area (Å²) in [4.78, 5) is 16.0. The van der Waals surface area contributed by atoms with Gasteiger partial charge < -0.3 is 10.4 Å². The highest BCUT2D eigenvalue weighted by Gasteiger charge is 2.58. The second-order valence-electron chi connectivity index (χ2n) is 10.3. The van der Waals surface area contributed by atoms with Gasteiger partial charge in [-0.25, -0.2) is 0 Å². The van der Waals surface area contributed by atoms with Crippen LogP contribution in [0.3, 0.4) is 0 Å². The molecule has 1 saturated heterocycles. The zero-order valence-electron chi connectivity index (χ0n) is 19.0. The van der Waals surface area contributed by atoms with E-state index in [9.17, 15) is 9.90 Å². The number of carbonyl (C=O) groups is 1. The number of benzene rings is 3. The largest absolute Gasteiger partial charge is 0.375 e. The minimum absolute atomic E-state index is 0.00268. The van der Waals surface area contributed by atoms with E-state index >= 15 is 0 Å². The molecule has 2 unspecified atom stereocenters. The summed E-state index contributed by atoms with van der Waals surface area (Å²) in [5.74, 6) is 0.806. The molecule has 1 aliphatic heterocycles. The molecule has 3 fully saturated rings. The van der Waals surface area contributed by atoms with Gasteiger partial charge in [-0.05, 0) is 52.6 Å². The van der Waals surface area contributed by atoms with Crippen LogP contribution in [0.25, 0.3) is 10.8 Å². The number of piperidine rings is 1. The monoisotopic (exact) mass is 440 g/mol. The second-order valence-corrected chi connectivity index (χ2v) is 10.3. The first-order chi connectivity index (χ1) is 16.1. The minimum Gasteiger partial charge on any atom is -0.375 e. The van der Waals surface area contributed by atoms with Crippen molar-refractivity contribution in [2.45, 2.75) is 43.9 Å². The van der Waals surface area contributed by atoms with Gasteiger partial charge in [-0.2, -0.15) is 0 Å². The van der Waals surface area contributed by atoms with Crippen molar-refractivity contribution in [1.82, 2.24) is 10.2 Å². The molecule has 4 heteroatoms. The van der Waals surface area contributed by atoms with Crippen LogP contribution >= 0.6 is 0 Å². The lowest BCUT2D eigenvalue weighted by molar-refractivity contribution is -0.147. The van der Waals surface area contributed by atoms with Crippen molar-refractivity contribution in [2.75, 3.05) is 13.1 Å². The zero-order chi connectivity index (χ0) is 22.4. The number of carbonyl (C=O) groups excluding carboxylic acids is 1. The summed E-state index contributed by atoms with van der Waals surface area (Å²) >= 11 is 0. The highest BCUT2D eigenvalue weighted by molar-refractivity contribution is 5.87. The predicted molar refractivity (Wildman–Crippen MR) is 130 cm³/mol. The Balaban J connectivity index is 1.10. The van der Waals surface area contributed by atoms with Gasteiger partial charge in [0.2, 0.25) is 0 Å². The Labute approximate surface area is 195 Å². The molecular weight excluding hydrogens is 408 g/mol. The number of hydrogen-bond donors (Lipinski definition) is 2.